The molecule has 0 unspecified atom stereocenters. The molecule has 0 aromatic heterocycles. The van der Waals surface area contributed by atoms with Crippen LogP contribution < -0.4 is 5.32 Å². The summed E-state index contributed by atoms with van der Waals surface area (Å²) in [5.74, 6) is 0.989. The highest BCUT2D eigenvalue weighted by Gasteiger charge is 2.30. The van der Waals surface area contributed by atoms with Gasteiger partial charge in [0.1, 0.15) is 6.54 Å². The standard InChI is InChI=1S/C20H38N6O.HI/c1-16(2)24-9-7-18(8-10-24)25-11-13-26(14-12-25)20(22-17-5-6-17)21-15-19(27)23(3)4;/h16-18H,5-15H2,1-4H3,(H,21,22);1H. The van der Waals surface area contributed by atoms with Gasteiger partial charge >= 0.3 is 0 Å². The normalized spacial score (nSPS) is 22.9. The number of piperazine rings is 1. The second kappa shape index (κ2) is 11.0. The van der Waals surface area contributed by atoms with Gasteiger partial charge in [0.2, 0.25) is 5.91 Å². The number of guanidine groups is 1. The summed E-state index contributed by atoms with van der Waals surface area (Å²) < 4.78 is 0. The van der Waals surface area contributed by atoms with Crippen molar-refractivity contribution in [1.82, 2.24) is 24.9 Å². The van der Waals surface area contributed by atoms with Crippen LogP contribution in [-0.2, 0) is 4.79 Å². The van der Waals surface area contributed by atoms with Gasteiger partial charge in [-0.2, -0.15) is 0 Å². The lowest BCUT2D eigenvalue weighted by atomic mass is 10.0. The van der Waals surface area contributed by atoms with E-state index < -0.39 is 0 Å². The van der Waals surface area contributed by atoms with Crippen molar-refractivity contribution < 1.29 is 4.79 Å². The van der Waals surface area contributed by atoms with Crippen LogP contribution in [0.2, 0.25) is 0 Å². The highest BCUT2D eigenvalue weighted by atomic mass is 127. The van der Waals surface area contributed by atoms with Gasteiger partial charge in [-0.3, -0.25) is 9.69 Å². The van der Waals surface area contributed by atoms with Crippen LogP contribution in [0.1, 0.15) is 39.5 Å². The van der Waals surface area contributed by atoms with E-state index in [1.165, 1.54) is 38.8 Å². The Morgan fingerprint density at radius 2 is 1.64 bits per heavy atom. The number of likely N-dealkylation sites (tertiary alicyclic amines) is 1. The Morgan fingerprint density at radius 3 is 2.14 bits per heavy atom. The van der Waals surface area contributed by atoms with E-state index in [4.69, 9.17) is 0 Å². The molecule has 0 radical (unpaired) electrons. The summed E-state index contributed by atoms with van der Waals surface area (Å²) >= 11 is 0. The molecule has 0 atom stereocenters. The zero-order valence-corrected chi connectivity index (χ0v) is 20.4. The number of aliphatic imine (C=N–C) groups is 1. The van der Waals surface area contributed by atoms with Crippen LogP contribution in [0.3, 0.4) is 0 Å². The quantitative estimate of drug-likeness (QED) is 0.346. The number of hydrogen-bond donors (Lipinski definition) is 1. The molecular formula is C20H39IN6O. The summed E-state index contributed by atoms with van der Waals surface area (Å²) in [6, 6.07) is 1.95. The van der Waals surface area contributed by atoms with Crippen LogP contribution in [0.15, 0.2) is 4.99 Å². The summed E-state index contributed by atoms with van der Waals surface area (Å²) in [5.41, 5.74) is 0. The Kier molecular flexibility index (Phi) is 9.27. The van der Waals surface area contributed by atoms with Crippen LogP contribution in [0.5, 0.6) is 0 Å². The number of rotatable bonds is 5. The van der Waals surface area contributed by atoms with Gasteiger partial charge in [-0.15, -0.1) is 24.0 Å². The zero-order valence-electron chi connectivity index (χ0n) is 18.1. The molecule has 3 rings (SSSR count). The summed E-state index contributed by atoms with van der Waals surface area (Å²) in [6.45, 7) is 11.5. The third-order valence-electron chi connectivity index (χ3n) is 6.13. The number of hydrogen-bond acceptors (Lipinski definition) is 4. The number of likely N-dealkylation sites (N-methyl/N-ethyl adjacent to an activating group) is 1. The van der Waals surface area contributed by atoms with Crippen molar-refractivity contribution in [3.63, 3.8) is 0 Å². The van der Waals surface area contributed by atoms with E-state index in [0.717, 1.165) is 38.2 Å². The molecule has 3 fully saturated rings. The summed E-state index contributed by atoms with van der Waals surface area (Å²) in [6.07, 6.45) is 5.01. The number of carbonyl (C=O) groups excluding carboxylic acids is 1. The fraction of sp³-hybridized carbons (Fsp3) is 0.900. The molecule has 1 N–H and O–H groups in total. The number of amides is 1. The van der Waals surface area contributed by atoms with Crippen molar-refractivity contribution in [1.29, 1.82) is 0 Å². The Balaban J connectivity index is 0.00000280. The molecule has 2 aliphatic heterocycles. The first-order valence-corrected chi connectivity index (χ1v) is 10.7. The minimum absolute atomic E-state index is 0. The van der Waals surface area contributed by atoms with Gasteiger partial charge in [0.25, 0.3) is 0 Å². The molecule has 2 heterocycles. The van der Waals surface area contributed by atoms with Crippen LogP contribution in [0.25, 0.3) is 0 Å². The first kappa shape index (κ1) is 23.7. The lowest BCUT2D eigenvalue weighted by molar-refractivity contribution is -0.127. The maximum atomic E-state index is 11.9. The maximum Gasteiger partial charge on any atom is 0.243 e. The minimum Gasteiger partial charge on any atom is -0.353 e. The highest BCUT2D eigenvalue weighted by Crippen LogP contribution is 2.21. The van der Waals surface area contributed by atoms with Crippen molar-refractivity contribution >= 4 is 35.8 Å². The first-order chi connectivity index (χ1) is 12.9. The predicted molar refractivity (Wildman–Crippen MR) is 125 cm³/mol. The predicted octanol–water partition coefficient (Wildman–Crippen LogP) is 1.29. The van der Waals surface area contributed by atoms with Gasteiger partial charge in [-0.1, -0.05) is 0 Å². The molecule has 0 aromatic carbocycles. The smallest absolute Gasteiger partial charge is 0.243 e. The third-order valence-corrected chi connectivity index (χ3v) is 6.13. The van der Waals surface area contributed by atoms with E-state index in [2.05, 4.69) is 38.9 Å². The number of nitrogens with one attached hydrogen (secondary N) is 1. The van der Waals surface area contributed by atoms with Crippen molar-refractivity contribution in [2.45, 2.75) is 57.7 Å². The molecule has 0 spiro atoms. The first-order valence-electron chi connectivity index (χ1n) is 10.7. The molecule has 8 heteroatoms. The molecule has 28 heavy (non-hydrogen) atoms. The van der Waals surface area contributed by atoms with E-state index in [9.17, 15) is 4.79 Å². The molecule has 7 nitrogen and oxygen atoms in total. The van der Waals surface area contributed by atoms with Gasteiger partial charge in [0, 0.05) is 58.4 Å². The second-order valence-corrected chi connectivity index (χ2v) is 8.73. The number of piperidine rings is 1. The minimum atomic E-state index is 0. The molecular weight excluding hydrogens is 467 g/mol. The topological polar surface area (TPSA) is 54.4 Å². The molecule has 3 aliphatic rings. The molecule has 0 aromatic rings. The summed E-state index contributed by atoms with van der Waals surface area (Å²) in [4.78, 5) is 25.8. The van der Waals surface area contributed by atoms with Crippen LogP contribution in [0.4, 0.5) is 0 Å². The third kappa shape index (κ3) is 6.73. The van der Waals surface area contributed by atoms with Gasteiger partial charge in [0.15, 0.2) is 5.96 Å². The van der Waals surface area contributed by atoms with Crippen molar-refractivity contribution in [2.24, 2.45) is 4.99 Å². The van der Waals surface area contributed by atoms with Crippen LogP contribution in [0, 0.1) is 0 Å². The number of nitrogens with zero attached hydrogens (tertiary/aromatic N) is 5. The van der Waals surface area contributed by atoms with Gasteiger partial charge in [-0.05, 0) is 52.6 Å². The largest absolute Gasteiger partial charge is 0.353 e. The summed E-state index contributed by atoms with van der Waals surface area (Å²) in [7, 11) is 3.57. The molecule has 2 saturated heterocycles. The Hall–Kier alpha value is -0.610. The summed E-state index contributed by atoms with van der Waals surface area (Å²) in [5, 5.41) is 3.55. The van der Waals surface area contributed by atoms with E-state index in [1.54, 1.807) is 19.0 Å². The van der Waals surface area contributed by atoms with Crippen molar-refractivity contribution in [3.05, 3.63) is 0 Å². The van der Waals surface area contributed by atoms with Gasteiger partial charge < -0.3 is 20.0 Å². The number of halogens is 1. The monoisotopic (exact) mass is 506 g/mol. The van der Waals surface area contributed by atoms with E-state index in [0.29, 0.717) is 12.1 Å². The molecule has 1 saturated carbocycles. The lowest BCUT2D eigenvalue weighted by Crippen LogP contribution is -2.57. The second-order valence-electron chi connectivity index (χ2n) is 8.73. The fourth-order valence-electron chi connectivity index (χ4n) is 4.00. The van der Waals surface area contributed by atoms with Crippen molar-refractivity contribution in [2.75, 3.05) is 59.9 Å². The van der Waals surface area contributed by atoms with E-state index in [-0.39, 0.29) is 36.4 Å². The van der Waals surface area contributed by atoms with Gasteiger partial charge in [0.05, 0.1) is 0 Å². The SMILES string of the molecule is CC(C)N1CCC(N2CCN(C(=NCC(=O)N(C)C)NC3CC3)CC2)CC1.I. The van der Waals surface area contributed by atoms with E-state index >= 15 is 0 Å². The molecule has 0 bridgehead atoms. The van der Waals surface area contributed by atoms with Crippen molar-refractivity contribution in [3.8, 4) is 0 Å². The Morgan fingerprint density at radius 1 is 1.04 bits per heavy atom. The molecule has 162 valence electrons. The maximum absolute atomic E-state index is 11.9. The van der Waals surface area contributed by atoms with Gasteiger partial charge in [-0.25, -0.2) is 4.99 Å². The van der Waals surface area contributed by atoms with Crippen LogP contribution in [-0.4, -0.2) is 110 Å². The molecule has 1 amide bonds. The fourth-order valence-corrected chi connectivity index (χ4v) is 4.00. The average molecular weight is 506 g/mol. The lowest BCUT2D eigenvalue weighted by Gasteiger charge is -2.44. The Bertz CT molecular complexity index is 521. The van der Waals surface area contributed by atoms with E-state index in [1.807, 2.05) is 0 Å². The van der Waals surface area contributed by atoms with Crippen LogP contribution >= 0.6 is 24.0 Å². The average Bonchev–Trinajstić information content (AvgIpc) is 3.49. The number of carbonyl (C=O) groups is 1. The zero-order chi connectivity index (χ0) is 19.4. The highest BCUT2D eigenvalue weighted by molar-refractivity contribution is 14.0. The molecule has 1 aliphatic carbocycles. The Labute approximate surface area is 187 Å².